The van der Waals surface area contributed by atoms with Crippen molar-refractivity contribution in [1.82, 2.24) is 0 Å². The molecule has 0 spiro atoms. The minimum atomic E-state index is -1.04. The van der Waals surface area contributed by atoms with Gasteiger partial charge in [0.1, 0.15) is 18.8 Å². The second-order valence-corrected chi connectivity index (χ2v) is 5.22. The van der Waals surface area contributed by atoms with Crippen molar-refractivity contribution < 1.29 is 38.1 Å². The second kappa shape index (κ2) is 9.28. The molecule has 0 aromatic rings. The van der Waals surface area contributed by atoms with Crippen molar-refractivity contribution in [2.75, 3.05) is 13.3 Å². The highest BCUT2D eigenvalue weighted by molar-refractivity contribution is 5.67. The predicted molar refractivity (Wildman–Crippen MR) is 77.6 cm³/mol. The molecule has 1 saturated heterocycles. The summed E-state index contributed by atoms with van der Waals surface area (Å²) in [6, 6.07) is 0. The highest BCUT2D eigenvalue weighted by Gasteiger charge is 2.49. The smallest absolute Gasteiger partial charge is 0.303 e. The van der Waals surface area contributed by atoms with E-state index in [1.165, 1.54) is 20.8 Å². The molecule has 0 aromatic heterocycles. The summed E-state index contributed by atoms with van der Waals surface area (Å²) < 4.78 is 26.2. The molecule has 10 nitrogen and oxygen atoms in total. The first-order valence-electron chi connectivity index (χ1n) is 7.30. The fourth-order valence-corrected chi connectivity index (χ4v) is 2.43. The zero-order valence-electron chi connectivity index (χ0n) is 13.9. The number of hydrogen-bond donors (Lipinski definition) is 0. The number of ether oxygens (including phenoxy) is 5. The monoisotopic (exact) mass is 347 g/mol. The van der Waals surface area contributed by atoms with Crippen LogP contribution < -0.4 is 0 Å². The van der Waals surface area contributed by atoms with E-state index in [0.717, 1.165) is 0 Å². The van der Waals surface area contributed by atoms with Crippen LogP contribution in [0.2, 0.25) is 0 Å². The minimum absolute atomic E-state index is 0.187. The van der Waals surface area contributed by atoms with Gasteiger partial charge in [0.05, 0.1) is 6.10 Å². The van der Waals surface area contributed by atoms with E-state index in [-0.39, 0.29) is 6.61 Å². The molecule has 1 heterocycles. The van der Waals surface area contributed by atoms with Gasteiger partial charge in [-0.1, -0.05) is 0 Å². The Kier molecular flexibility index (Phi) is 7.72. The fourth-order valence-electron chi connectivity index (χ4n) is 2.43. The summed E-state index contributed by atoms with van der Waals surface area (Å²) in [6.07, 6.45) is -4.50. The number of nitroso groups, excluding NO2 is 1. The highest BCUT2D eigenvalue weighted by atomic mass is 16.6. The molecule has 0 radical (unpaired) electrons. The van der Waals surface area contributed by atoms with Crippen LogP contribution in [0, 0.1) is 4.91 Å². The van der Waals surface area contributed by atoms with Gasteiger partial charge < -0.3 is 23.7 Å². The van der Waals surface area contributed by atoms with Crippen LogP contribution in [0.4, 0.5) is 0 Å². The van der Waals surface area contributed by atoms with Gasteiger partial charge in [-0.05, 0) is 12.1 Å². The maximum Gasteiger partial charge on any atom is 0.303 e. The standard InChI is InChI=1S/C14H21NO9/c1-7-12(23-9(3)17)14(24-10(4)18)13(21-6-15-19)11(22-7)5-20-8(2)16/h7,11-14H,5-6H2,1-4H3/t7?,11-,12-,13-,14-/m1/s1. The van der Waals surface area contributed by atoms with Crippen LogP contribution in [0.3, 0.4) is 0 Å². The molecule has 0 aliphatic carbocycles. The van der Waals surface area contributed by atoms with Crippen molar-refractivity contribution >= 4 is 17.9 Å². The van der Waals surface area contributed by atoms with E-state index in [1.54, 1.807) is 6.92 Å². The van der Waals surface area contributed by atoms with Gasteiger partial charge >= 0.3 is 17.9 Å². The van der Waals surface area contributed by atoms with E-state index in [4.69, 9.17) is 23.7 Å². The summed E-state index contributed by atoms with van der Waals surface area (Å²) >= 11 is 0. The summed E-state index contributed by atoms with van der Waals surface area (Å²) in [6.45, 7) is 4.49. The van der Waals surface area contributed by atoms with Crippen LogP contribution in [-0.2, 0) is 38.1 Å². The largest absolute Gasteiger partial charge is 0.463 e. The number of carbonyl (C=O) groups is 3. The topological polar surface area (TPSA) is 127 Å². The number of esters is 3. The first-order valence-corrected chi connectivity index (χ1v) is 7.30. The van der Waals surface area contributed by atoms with E-state index < -0.39 is 55.2 Å². The third kappa shape index (κ3) is 5.85. The SMILES string of the molecule is CC(=O)OC[C@H]1OC(C)[C@@H](OC(C)=O)[C@@H](OC(C)=O)[C@@H]1OCN=O. The molecule has 0 N–H and O–H groups in total. The lowest BCUT2D eigenvalue weighted by Gasteiger charge is -2.43. The Morgan fingerprint density at radius 2 is 1.54 bits per heavy atom. The molecule has 24 heavy (non-hydrogen) atoms. The van der Waals surface area contributed by atoms with Crippen LogP contribution in [0.1, 0.15) is 27.7 Å². The molecule has 0 aromatic carbocycles. The predicted octanol–water partition coefficient (Wildman–Crippen LogP) is 0.309. The molecule has 0 saturated carbocycles. The third-order valence-electron chi connectivity index (χ3n) is 3.24. The van der Waals surface area contributed by atoms with Gasteiger partial charge in [-0.2, -0.15) is 0 Å². The van der Waals surface area contributed by atoms with E-state index in [2.05, 4.69) is 5.18 Å². The Morgan fingerprint density at radius 1 is 0.958 bits per heavy atom. The first kappa shape index (κ1) is 20.0. The summed E-state index contributed by atoms with van der Waals surface area (Å²) in [7, 11) is 0. The Balaban J connectivity index is 3.05. The number of nitrogens with zero attached hydrogens (tertiary/aromatic N) is 1. The third-order valence-corrected chi connectivity index (χ3v) is 3.24. The number of hydrogen-bond acceptors (Lipinski definition) is 10. The van der Waals surface area contributed by atoms with E-state index >= 15 is 0 Å². The van der Waals surface area contributed by atoms with Crippen molar-refractivity contribution in [3.05, 3.63) is 4.91 Å². The maximum absolute atomic E-state index is 11.4. The first-order chi connectivity index (χ1) is 11.3. The zero-order valence-corrected chi connectivity index (χ0v) is 13.9. The Bertz CT molecular complexity index is 481. The van der Waals surface area contributed by atoms with Gasteiger partial charge in [-0.3, -0.25) is 14.4 Å². The van der Waals surface area contributed by atoms with Crippen LogP contribution >= 0.6 is 0 Å². The molecular weight excluding hydrogens is 326 g/mol. The van der Waals surface area contributed by atoms with Crippen molar-refractivity contribution in [2.24, 2.45) is 5.18 Å². The van der Waals surface area contributed by atoms with E-state index in [9.17, 15) is 19.3 Å². The second-order valence-electron chi connectivity index (χ2n) is 5.22. The quantitative estimate of drug-likeness (QED) is 0.363. The normalized spacial score (nSPS) is 29.4. The molecule has 0 bridgehead atoms. The zero-order chi connectivity index (χ0) is 18.3. The van der Waals surface area contributed by atoms with Crippen molar-refractivity contribution in [2.45, 2.75) is 58.2 Å². The molecule has 1 rings (SSSR count). The van der Waals surface area contributed by atoms with Gasteiger partial charge in [0, 0.05) is 20.8 Å². The molecule has 136 valence electrons. The summed E-state index contributed by atoms with van der Waals surface area (Å²) in [5, 5.41) is 2.59. The highest BCUT2D eigenvalue weighted by Crippen LogP contribution is 2.28. The Morgan fingerprint density at radius 3 is 2.04 bits per heavy atom. The minimum Gasteiger partial charge on any atom is -0.463 e. The molecule has 10 heteroatoms. The maximum atomic E-state index is 11.4. The molecule has 1 aliphatic heterocycles. The van der Waals surface area contributed by atoms with Crippen molar-refractivity contribution in [1.29, 1.82) is 0 Å². The average Bonchev–Trinajstić information content (AvgIpc) is 2.47. The molecule has 5 atom stereocenters. The molecule has 1 aliphatic rings. The van der Waals surface area contributed by atoms with Crippen molar-refractivity contribution in [3.8, 4) is 0 Å². The summed E-state index contributed by atoms with van der Waals surface area (Å²) in [5.74, 6) is -1.77. The Hall–Kier alpha value is -2.07. The van der Waals surface area contributed by atoms with Gasteiger partial charge in [0.15, 0.2) is 18.9 Å². The fraction of sp³-hybridized carbons (Fsp3) is 0.786. The number of carbonyl (C=O) groups excluding carboxylic acids is 3. The van der Waals surface area contributed by atoms with Gasteiger partial charge in [-0.25, -0.2) is 0 Å². The van der Waals surface area contributed by atoms with Crippen LogP contribution in [-0.4, -0.2) is 61.8 Å². The molecule has 1 unspecified atom stereocenters. The van der Waals surface area contributed by atoms with Crippen LogP contribution in [0.5, 0.6) is 0 Å². The lowest BCUT2D eigenvalue weighted by molar-refractivity contribution is -0.252. The summed E-state index contributed by atoms with van der Waals surface area (Å²) in [4.78, 5) is 44.1. The number of rotatable bonds is 7. The van der Waals surface area contributed by atoms with E-state index in [1.807, 2.05) is 0 Å². The molecule has 1 fully saturated rings. The van der Waals surface area contributed by atoms with Crippen LogP contribution in [0.15, 0.2) is 5.18 Å². The molecule has 0 amide bonds. The van der Waals surface area contributed by atoms with Crippen molar-refractivity contribution in [3.63, 3.8) is 0 Å². The van der Waals surface area contributed by atoms with Gasteiger partial charge in [0.2, 0.25) is 0 Å². The Labute approximate surface area is 138 Å². The van der Waals surface area contributed by atoms with Gasteiger partial charge in [0.25, 0.3) is 0 Å². The van der Waals surface area contributed by atoms with Gasteiger partial charge in [-0.15, -0.1) is 4.91 Å². The lowest BCUT2D eigenvalue weighted by Crippen LogP contribution is -2.61. The van der Waals surface area contributed by atoms with E-state index in [0.29, 0.717) is 0 Å². The van der Waals surface area contributed by atoms with Crippen LogP contribution in [0.25, 0.3) is 0 Å². The molecular formula is C14H21NO9. The lowest BCUT2D eigenvalue weighted by atomic mass is 9.95. The summed E-state index contributed by atoms with van der Waals surface area (Å²) in [5.41, 5.74) is 0. The average molecular weight is 347 g/mol.